The summed E-state index contributed by atoms with van der Waals surface area (Å²) >= 11 is 5.90. The minimum atomic E-state index is -3.64. The third-order valence-corrected chi connectivity index (χ3v) is 5.80. The normalized spacial score (nSPS) is 16.1. The SMILES string of the molecule is CN(C(CN)C1CC1)S(=O)(=O)c1ccc(C#N)c(Cl)c1.Cl. The quantitative estimate of drug-likeness (QED) is 0.880. The van der Waals surface area contributed by atoms with Crippen LogP contribution in [0.2, 0.25) is 5.02 Å². The van der Waals surface area contributed by atoms with Gasteiger partial charge in [-0.2, -0.15) is 9.57 Å². The van der Waals surface area contributed by atoms with Gasteiger partial charge in [-0.05, 0) is 37.0 Å². The van der Waals surface area contributed by atoms with Crippen LogP contribution in [0.3, 0.4) is 0 Å². The number of rotatable bonds is 5. The van der Waals surface area contributed by atoms with E-state index in [4.69, 9.17) is 22.6 Å². The van der Waals surface area contributed by atoms with Gasteiger partial charge in [0.1, 0.15) is 6.07 Å². The van der Waals surface area contributed by atoms with E-state index in [1.807, 2.05) is 6.07 Å². The molecule has 2 rings (SSSR count). The molecule has 1 aliphatic rings. The van der Waals surface area contributed by atoms with Crippen LogP contribution in [0.25, 0.3) is 0 Å². The van der Waals surface area contributed by atoms with Gasteiger partial charge in [0.2, 0.25) is 10.0 Å². The molecule has 1 unspecified atom stereocenters. The molecule has 2 N–H and O–H groups in total. The maximum absolute atomic E-state index is 12.5. The Labute approximate surface area is 136 Å². The molecular formula is C13H17Cl2N3O2S. The number of likely N-dealkylation sites (N-methyl/N-ethyl adjacent to an activating group) is 1. The van der Waals surface area contributed by atoms with E-state index in [0.717, 1.165) is 12.8 Å². The van der Waals surface area contributed by atoms with Crippen molar-refractivity contribution in [3.8, 4) is 6.07 Å². The molecule has 5 nitrogen and oxygen atoms in total. The summed E-state index contributed by atoms with van der Waals surface area (Å²) in [4.78, 5) is 0.0862. The highest BCUT2D eigenvalue weighted by atomic mass is 35.5. The van der Waals surface area contributed by atoms with E-state index < -0.39 is 10.0 Å². The average Bonchev–Trinajstić information content (AvgIpc) is 3.24. The molecule has 0 saturated heterocycles. The van der Waals surface area contributed by atoms with Crippen LogP contribution in [-0.4, -0.2) is 32.4 Å². The van der Waals surface area contributed by atoms with Crippen molar-refractivity contribution in [2.75, 3.05) is 13.6 Å². The number of nitrogens with two attached hydrogens (primary N) is 1. The zero-order valence-corrected chi connectivity index (χ0v) is 13.9. The molecule has 0 spiro atoms. The molecule has 0 aliphatic heterocycles. The Morgan fingerprint density at radius 2 is 2.14 bits per heavy atom. The van der Waals surface area contributed by atoms with Crippen molar-refractivity contribution >= 4 is 34.0 Å². The van der Waals surface area contributed by atoms with E-state index in [2.05, 4.69) is 0 Å². The second-order valence-electron chi connectivity index (χ2n) is 4.92. The zero-order valence-electron chi connectivity index (χ0n) is 11.5. The predicted molar refractivity (Wildman–Crippen MR) is 83.9 cm³/mol. The summed E-state index contributed by atoms with van der Waals surface area (Å²) in [6.45, 7) is 0.296. The minimum absolute atomic E-state index is 0. The molecule has 1 aromatic rings. The third-order valence-electron chi connectivity index (χ3n) is 3.61. The van der Waals surface area contributed by atoms with E-state index in [1.165, 1.54) is 29.6 Å². The van der Waals surface area contributed by atoms with Crippen molar-refractivity contribution in [2.24, 2.45) is 11.7 Å². The second kappa shape index (κ2) is 6.95. The van der Waals surface area contributed by atoms with Crippen LogP contribution in [0.4, 0.5) is 0 Å². The lowest BCUT2D eigenvalue weighted by Crippen LogP contribution is -2.43. The standard InChI is InChI=1S/C13H16ClN3O2S.ClH/c1-17(13(8-16)9-2-3-9)20(18,19)11-5-4-10(7-15)12(14)6-11;/h4-6,9,13H,2-3,8,16H2,1H3;1H. The van der Waals surface area contributed by atoms with Gasteiger partial charge in [0.05, 0.1) is 15.5 Å². The molecule has 0 amide bonds. The van der Waals surface area contributed by atoms with E-state index in [0.29, 0.717) is 12.5 Å². The lowest BCUT2D eigenvalue weighted by molar-refractivity contribution is 0.340. The summed E-state index contributed by atoms with van der Waals surface area (Å²) in [5, 5.41) is 8.95. The first-order valence-electron chi connectivity index (χ1n) is 6.29. The number of hydrogen-bond donors (Lipinski definition) is 1. The van der Waals surface area contributed by atoms with Crippen molar-refractivity contribution in [3.63, 3.8) is 0 Å². The van der Waals surface area contributed by atoms with Crippen LogP contribution in [0.15, 0.2) is 23.1 Å². The Hall–Kier alpha value is -0.840. The molecule has 1 aliphatic carbocycles. The topological polar surface area (TPSA) is 87.2 Å². The fourth-order valence-electron chi connectivity index (χ4n) is 2.21. The van der Waals surface area contributed by atoms with E-state index in [-0.39, 0.29) is 33.9 Å². The number of benzene rings is 1. The Morgan fingerprint density at radius 1 is 1.52 bits per heavy atom. The van der Waals surface area contributed by atoms with Crippen LogP contribution in [0.1, 0.15) is 18.4 Å². The first kappa shape index (κ1) is 18.2. The van der Waals surface area contributed by atoms with Crippen LogP contribution in [-0.2, 0) is 10.0 Å². The Balaban J connectivity index is 0.00000220. The van der Waals surface area contributed by atoms with Gasteiger partial charge in [0, 0.05) is 19.6 Å². The van der Waals surface area contributed by atoms with E-state index in [9.17, 15) is 8.42 Å². The van der Waals surface area contributed by atoms with Gasteiger partial charge in [-0.3, -0.25) is 0 Å². The fraction of sp³-hybridized carbons (Fsp3) is 0.462. The summed E-state index contributed by atoms with van der Waals surface area (Å²) < 4.78 is 26.4. The maximum Gasteiger partial charge on any atom is 0.243 e. The molecular weight excluding hydrogens is 333 g/mol. The van der Waals surface area contributed by atoms with E-state index in [1.54, 1.807) is 0 Å². The van der Waals surface area contributed by atoms with E-state index >= 15 is 0 Å². The summed E-state index contributed by atoms with van der Waals surface area (Å²) in [7, 11) is -2.10. The molecule has 21 heavy (non-hydrogen) atoms. The highest BCUT2D eigenvalue weighted by molar-refractivity contribution is 7.89. The zero-order chi connectivity index (χ0) is 14.9. The molecule has 0 aromatic heterocycles. The fourth-order valence-corrected chi connectivity index (χ4v) is 3.95. The van der Waals surface area contributed by atoms with Gasteiger partial charge in [0.15, 0.2) is 0 Å². The average molecular weight is 350 g/mol. The second-order valence-corrected chi connectivity index (χ2v) is 7.32. The largest absolute Gasteiger partial charge is 0.329 e. The van der Waals surface area contributed by atoms with Crippen molar-refractivity contribution < 1.29 is 8.42 Å². The van der Waals surface area contributed by atoms with Crippen LogP contribution in [0.5, 0.6) is 0 Å². The smallest absolute Gasteiger partial charge is 0.243 e. The summed E-state index contributed by atoms with van der Waals surface area (Å²) in [5.74, 6) is 0.341. The van der Waals surface area contributed by atoms with Crippen LogP contribution >= 0.6 is 24.0 Å². The highest BCUT2D eigenvalue weighted by Gasteiger charge is 2.38. The van der Waals surface area contributed by atoms with Crippen molar-refractivity contribution in [2.45, 2.75) is 23.8 Å². The molecule has 8 heteroatoms. The molecule has 1 atom stereocenters. The number of halogens is 2. The maximum atomic E-state index is 12.5. The van der Waals surface area contributed by atoms with Gasteiger partial charge >= 0.3 is 0 Å². The molecule has 1 fully saturated rings. The Morgan fingerprint density at radius 3 is 2.57 bits per heavy atom. The van der Waals surface area contributed by atoms with Gasteiger partial charge < -0.3 is 5.73 Å². The minimum Gasteiger partial charge on any atom is -0.329 e. The molecule has 1 aromatic carbocycles. The monoisotopic (exact) mass is 349 g/mol. The predicted octanol–water partition coefficient (Wildman–Crippen LogP) is 1.99. The number of nitriles is 1. The molecule has 0 heterocycles. The first-order valence-corrected chi connectivity index (χ1v) is 8.11. The van der Waals surface area contributed by atoms with Gasteiger partial charge in [0.25, 0.3) is 0 Å². The summed E-state index contributed by atoms with van der Waals surface area (Å²) in [5.41, 5.74) is 5.95. The Kier molecular flexibility index (Phi) is 6.02. The highest BCUT2D eigenvalue weighted by Crippen LogP contribution is 2.36. The molecule has 0 bridgehead atoms. The summed E-state index contributed by atoms with van der Waals surface area (Å²) in [6.07, 6.45) is 2.02. The van der Waals surface area contributed by atoms with Gasteiger partial charge in [-0.15, -0.1) is 12.4 Å². The molecule has 116 valence electrons. The van der Waals surface area contributed by atoms with Crippen LogP contribution < -0.4 is 5.73 Å². The van der Waals surface area contributed by atoms with Gasteiger partial charge in [-0.1, -0.05) is 11.6 Å². The third kappa shape index (κ3) is 3.68. The van der Waals surface area contributed by atoms with Crippen LogP contribution in [0, 0.1) is 17.2 Å². The number of sulfonamides is 1. The first-order chi connectivity index (χ1) is 9.41. The Bertz CT molecular complexity index is 654. The number of nitrogens with zero attached hydrogens (tertiary/aromatic N) is 2. The van der Waals surface area contributed by atoms with Crippen molar-refractivity contribution in [1.29, 1.82) is 5.26 Å². The molecule has 1 saturated carbocycles. The van der Waals surface area contributed by atoms with Gasteiger partial charge in [-0.25, -0.2) is 8.42 Å². The number of hydrogen-bond acceptors (Lipinski definition) is 4. The van der Waals surface area contributed by atoms with Crippen molar-refractivity contribution in [1.82, 2.24) is 4.31 Å². The summed E-state index contributed by atoms with van der Waals surface area (Å²) in [6, 6.07) is 5.84. The molecule has 0 radical (unpaired) electrons. The lowest BCUT2D eigenvalue weighted by atomic mass is 10.2. The lowest BCUT2D eigenvalue weighted by Gasteiger charge is -2.26. The van der Waals surface area contributed by atoms with Crippen molar-refractivity contribution in [3.05, 3.63) is 28.8 Å².